The van der Waals surface area contributed by atoms with Crippen molar-refractivity contribution >= 4 is 16.3 Å². The Labute approximate surface area is 77.8 Å². The zero-order valence-corrected chi connectivity index (χ0v) is 8.64. The van der Waals surface area contributed by atoms with Gasteiger partial charge in [0.2, 0.25) is 0 Å². The van der Waals surface area contributed by atoms with Gasteiger partial charge in [-0.3, -0.25) is 0 Å². The topological polar surface area (TPSA) is 84.5 Å². The molecule has 0 saturated carbocycles. The maximum atomic E-state index is 11.0. The summed E-state index contributed by atoms with van der Waals surface area (Å²) < 4.78 is 30.3. The van der Waals surface area contributed by atoms with E-state index in [2.05, 4.69) is 9.46 Å². The number of nitrogens with one attached hydrogen (secondary N) is 2. The molecule has 0 aliphatic rings. The molecule has 0 unspecified atom stereocenters. The van der Waals surface area contributed by atoms with Crippen LogP contribution in [0.3, 0.4) is 0 Å². The molecule has 78 valence electrons. The number of ether oxygens (including phenoxy) is 1. The first-order chi connectivity index (χ1) is 5.87. The van der Waals surface area contributed by atoms with E-state index in [4.69, 9.17) is 0 Å². The van der Waals surface area contributed by atoms with Crippen molar-refractivity contribution in [3.63, 3.8) is 0 Å². The summed E-state index contributed by atoms with van der Waals surface area (Å²) in [4.78, 5) is 10.7. The van der Waals surface area contributed by atoms with E-state index in [9.17, 15) is 13.2 Å². The lowest BCUT2D eigenvalue weighted by atomic mass is 10.4. The van der Waals surface area contributed by atoms with E-state index >= 15 is 0 Å². The minimum absolute atomic E-state index is 0.128. The SMILES string of the molecule is CCOC(=O)NS(=O)(=O)NC(C)C. The summed E-state index contributed by atoms with van der Waals surface area (Å²) in [5.74, 6) is 0. The molecule has 2 N–H and O–H groups in total. The second-order valence-corrected chi connectivity index (χ2v) is 4.05. The van der Waals surface area contributed by atoms with Crippen LogP contribution in [0.5, 0.6) is 0 Å². The van der Waals surface area contributed by atoms with Crippen molar-refractivity contribution < 1.29 is 17.9 Å². The predicted molar refractivity (Wildman–Crippen MR) is 47.3 cm³/mol. The van der Waals surface area contributed by atoms with Gasteiger partial charge in [-0.1, -0.05) is 0 Å². The Balaban J connectivity index is 4.10. The number of hydrogen-bond acceptors (Lipinski definition) is 4. The molecule has 13 heavy (non-hydrogen) atoms. The molecule has 6 nitrogen and oxygen atoms in total. The molecule has 0 spiro atoms. The Morgan fingerprint density at radius 3 is 2.38 bits per heavy atom. The lowest BCUT2D eigenvalue weighted by molar-refractivity contribution is 0.158. The van der Waals surface area contributed by atoms with Gasteiger partial charge >= 0.3 is 16.3 Å². The predicted octanol–water partition coefficient (Wildman–Crippen LogP) is -0.0247. The average Bonchev–Trinajstić information content (AvgIpc) is 1.81. The van der Waals surface area contributed by atoms with Crippen LogP contribution in [0.1, 0.15) is 20.8 Å². The Morgan fingerprint density at radius 1 is 1.46 bits per heavy atom. The molecule has 0 saturated heterocycles. The van der Waals surface area contributed by atoms with Gasteiger partial charge < -0.3 is 4.74 Å². The molecule has 0 aliphatic carbocycles. The first-order valence-electron chi connectivity index (χ1n) is 3.84. The summed E-state index contributed by atoms with van der Waals surface area (Å²) >= 11 is 0. The molecule has 0 aromatic heterocycles. The van der Waals surface area contributed by atoms with Gasteiger partial charge in [0.05, 0.1) is 6.61 Å². The van der Waals surface area contributed by atoms with Crippen molar-refractivity contribution in [3.8, 4) is 0 Å². The van der Waals surface area contributed by atoms with Gasteiger partial charge in [0.1, 0.15) is 0 Å². The summed E-state index contributed by atoms with van der Waals surface area (Å²) in [6.07, 6.45) is -0.976. The maximum Gasteiger partial charge on any atom is 0.421 e. The lowest BCUT2D eigenvalue weighted by Crippen LogP contribution is -2.43. The molecule has 0 aliphatic heterocycles. The standard InChI is InChI=1S/C6H14N2O4S/c1-4-12-6(9)8-13(10,11)7-5(2)3/h5,7H,4H2,1-3H3,(H,8,9). The highest BCUT2D eigenvalue weighted by Gasteiger charge is 2.15. The molecule has 0 atom stereocenters. The van der Waals surface area contributed by atoms with Crippen LogP contribution in [0.4, 0.5) is 4.79 Å². The molecule has 0 aromatic carbocycles. The van der Waals surface area contributed by atoms with E-state index in [0.29, 0.717) is 0 Å². The molecule has 0 heterocycles. The van der Waals surface area contributed by atoms with Crippen molar-refractivity contribution in [1.82, 2.24) is 9.44 Å². The average molecular weight is 210 g/mol. The third kappa shape index (κ3) is 6.35. The summed E-state index contributed by atoms with van der Waals surface area (Å²) in [5, 5.41) is 0. The summed E-state index contributed by atoms with van der Waals surface area (Å²) in [7, 11) is -3.78. The van der Waals surface area contributed by atoms with Gasteiger partial charge in [0.25, 0.3) is 0 Å². The minimum Gasteiger partial charge on any atom is -0.449 e. The van der Waals surface area contributed by atoms with E-state index < -0.39 is 16.3 Å². The van der Waals surface area contributed by atoms with E-state index in [0.717, 1.165) is 0 Å². The minimum atomic E-state index is -3.78. The van der Waals surface area contributed by atoms with Crippen molar-refractivity contribution in [3.05, 3.63) is 0 Å². The van der Waals surface area contributed by atoms with Gasteiger partial charge in [-0.15, -0.1) is 0 Å². The Bertz CT molecular complexity index is 260. The third-order valence-corrected chi connectivity index (χ3v) is 2.10. The maximum absolute atomic E-state index is 11.0. The molecular weight excluding hydrogens is 196 g/mol. The molecule has 0 fully saturated rings. The highest BCUT2D eigenvalue weighted by Crippen LogP contribution is 1.85. The number of carbonyl (C=O) groups is 1. The van der Waals surface area contributed by atoms with E-state index in [-0.39, 0.29) is 12.6 Å². The van der Waals surface area contributed by atoms with Crippen LogP contribution in [-0.2, 0) is 14.9 Å². The van der Waals surface area contributed by atoms with Crippen LogP contribution in [0.15, 0.2) is 0 Å². The highest BCUT2D eigenvalue weighted by atomic mass is 32.2. The molecule has 0 rings (SSSR count). The first-order valence-corrected chi connectivity index (χ1v) is 5.32. The molecule has 0 aromatic rings. The van der Waals surface area contributed by atoms with Gasteiger partial charge in [-0.05, 0) is 20.8 Å². The fourth-order valence-corrected chi connectivity index (χ4v) is 1.57. The largest absolute Gasteiger partial charge is 0.449 e. The quantitative estimate of drug-likeness (QED) is 0.682. The molecule has 7 heteroatoms. The van der Waals surface area contributed by atoms with E-state index in [1.54, 1.807) is 25.5 Å². The highest BCUT2D eigenvalue weighted by molar-refractivity contribution is 7.88. The fourth-order valence-electron chi connectivity index (χ4n) is 0.610. The van der Waals surface area contributed by atoms with Crippen molar-refractivity contribution in [2.24, 2.45) is 0 Å². The number of amides is 1. The van der Waals surface area contributed by atoms with E-state index in [1.807, 2.05) is 0 Å². The second-order valence-electron chi connectivity index (χ2n) is 2.60. The Hall–Kier alpha value is -0.820. The second kappa shape index (κ2) is 5.03. The number of carbonyl (C=O) groups excluding carboxylic acids is 1. The van der Waals surface area contributed by atoms with E-state index in [1.165, 1.54) is 0 Å². The van der Waals surface area contributed by atoms with Crippen LogP contribution in [0.2, 0.25) is 0 Å². The summed E-state index contributed by atoms with van der Waals surface area (Å²) in [6.45, 7) is 5.00. The van der Waals surface area contributed by atoms with Crippen LogP contribution in [-0.4, -0.2) is 27.2 Å². The van der Waals surface area contributed by atoms with Crippen LogP contribution in [0, 0.1) is 0 Å². The first kappa shape index (κ1) is 12.2. The summed E-state index contributed by atoms with van der Waals surface area (Å²) in [6, 6.07) is -0.271. The Kier molecular flexibility index (Phi) is 4.71. The van der Waals surface area contributed by atoms with Gasteiger partial charge in [0, 0.05) is 6.04 Å². The zero-order valence-electron chi connectivity index (χ0n) is 7.83. The third-order valence-electron chi connectivity index (χ3n) is 0.884. The monoisotopic (exact) mass is 210 g/mol. The Morgan fingerprint density at radius 2 is 2.00 bits per heavy atom. The van der Waals surface area contributed by atoms with Crippen molar-refractivity contribution in [2.75, 3.05) is 6.61 Å². The lowest BCUT2D eigenvalue weighted by Gasteiger charge is -2.09. The molecular formula is C6H14N2O4S. The van der Waals surface area contributed by atoms with Gasteiger partial charge in [-0.25, -0.2) is 9.52 Å². The van der Waals surface area contributed by atoms with Crippen molar-refractivity contribution in [2.45, 2.75) is 26.8 Å². The molecule has 0 bridgehead atoms. The van der Waals surface area contributed by atoms with Gasteiger partial charge in [-0.2, -0.15) is 13.1 Å². The number of rotatable bonds is 4. The zero-order chi connectivity index (χ0) is 10.5. The summed E-state index contributed by atoms with van der Waals surface area (Å²) in [5.41, 5.74) is 0. The molecule has 1 amide bonds. The fraction of sp³-hybridized carbons (Fsp3) is 0.833. The smallest absolute Gasteiger partial charge is 0.421 e. The van der Waals surface area contributed by atoms with Crippen LogP contribution in [0.25, 0.3) is 0 Å². The van der Waals surface area contributed by atoms with Crippen molar-refractivity contribution in [1.29, 1.82) is 0 Å². The molecule has 0 radical (unpaired) electrons. The van der Waals surface area contributed by atoms with Crippen LogP contribution >= 0.6 is 0 Å². The number of hydrogen-bond donors (Lipinski definition) is 2. The van der Waals surface area contributed by atoms with Crippen LogP contribution < -0.4 is 9.44 Å². The normalized spacial score (nSPS) is 11.4. The van der Waals surface area contributed by atoms with Gasteiger partial charge in [0.15, 0.2) is 0 Å².